The number of nitrogens with one attached hydrogen (secondary N) is 1. The second-order valence-corrected chi connectivity index (χ2v) is 5.15. The molecule has 6 nitrogen and oxygen atoms in total. The Balaban J connectivity index is 1.82. The maximum atomic E-state index is 11.9. The van der Waals surface area contributed by atoms with Gasteiger partial charge >= 0.3 is 0 Å². The Morgan fingerprint density at radius 1 is 1.30 bits per heavy atom. The highest BCUT2D eigenvalue weighted by molar-refractivity contribution is 6.05. The van der Waals surface area contributed by atoms with Gasteiger partial charge in [0.05, 0.1) is 11.8 Å². The third-order valence-corrected chi connectivity index (χ3v) is 3.42. The van der Waals surface area contributed by atoms with Gasteiger partial charge in [0.2, 0.25) is 5.78 Å². The van der Waals surface area contributed by atoms with Crippen molar-refractivity contribution >= 4 is 11.5 Å². The molecule has 0 amide bonds. The average Bonchev–Trinajstić information content (AvgIpc) is 3.20. The number of aromatic amines is 1. The Morgan fingerprint density at radius 2 is 2.09 bits per heavy atom. The molecule has 0 aliphatic rings. The van der Waals surface area contributed by atoms with Crippen LogP contribution < -0.4 is 0 Å². The Morgan fingerprint density at radius 3 is 2.78 bits per heavy atom. The van der Waals surface area contributed by atoms with E-state index >= 15 is 0 Å². The summed E-state index contributed by atoms with van der Waals surface area (Å²) in [6, 6.07) is 9.66. The molecule has 2 N–H and O–H groups in total. The van der Waals surface area contributed by atoms with Gasteiger partial charge in [-0.2, -0.15) is 5.10 Å². The number of aromatic nitrogens is 3. The van der Waals surface area contributed by atoms with Crippen molar-refractivity contribution < 1.29 is 14.3 Å². The molecule has 0 atom stereocenters. The predicted molar refractivity (Wildman–Crippen MR) is 84.0 cm³/mol. The van der Waals surface area contributed by atoms with Gasteiger partial charge in [0.25, 0.3) is 0 Å². The molecule has 2 heterocycles. The first-order valence-corrected chi connectivity index (χ1v) is 7.06. The molecule has 0 unspecified atom stereocenters. The van der Waals surface area contributed by atoms with Crippen LogP contribution in [0.25, 0.3) is 5.76 Å². The monoisotopic (exact) mass is 309 g/mol. The Labute approximate surface area is 132 Å². The van der Waals surface area contributed by atoms with Crippen LogP contribution in [0.4, 0.5) is 0 Å². The second kappa shape index (κ2) is 6.31. The summed E-state index contributed by atoms with van der Waals surface area (Å²) in [4.78, 5) is 15.7. The molecule has 0 aliphatic carbocycles. The van der Waals surface area contributed by atoms with Crippen molar-refractivity contribution in [2.45, 2.75) is 13.3 Å². The molecule has 0 bridgehead atoms. The van der Waals surface area contributed by atoms with E-state index in [4.69, 9.17) is 4.42 Å². The highest BCUT2D eigenvalue weighted by Gasteiger charge is 2.14. The van der Waals surface area contributed by atoms with Crippen molar-refractivity contribution in [3.8, 4) is 0 Å². The predicted octanol–water partition coefficient (Wildman–Crippen LogP) is 3.08. The van der Waals surface area contributed by atoms with Crippen LogP contribution in [0.3, 0.4) is 0 Å². The van der Waals surface area contributed by atoms with Crippen LogP contribution in [0, 0.1) is 6.92 Å². The Kier molecular flexibility index (Phi) is 4.05. The minimum absolute atomic E-state index is 0.0696. The van der Waals surface area contributed by atoms with Crippen LogP contribution >= 0.6 is 0 Å². The summed E-state index contributed by atoms with van der Waals surface area (Å²) >= 11 is 0. The number of carbonyl (C=O) groups is 1. The average molecular weight is 309 g/mol. The topological polar surface area (TPSA) is 92.0 Å². The van der Waals surface area contributed by atoms with Crippen LogP contribution in [0.5, 0.6) is 0 Å². The molecule has 3 rings (SSSR count). The molecule has 3 aromatic rings. The zero-order valence-electron chi connectivity index (χ0n) is 12.5. The van der Waals surface area contributed by atoms with Crippen molar-refractivity contribution in [1.82, 2.24) is 15.2 Å². The molecule has 0 saturated heterocycles. The van der Waals surface area contributed by atoms with Crippen molar-refractivity contribution in [3.63, 3.8) is 0 Å². The van der Waals surface area contributed by atoms with E-state index in [0.29, 0.717) is 17.7 Å². The number of furan rings is 1. The van der Waals surface area contributed by atoms with E-state index in [9.17, 15) is 9.90 Å². The third-order valence-electron chi connectivity index (χ3n) is 3.42. The summed E-state index contributed by atoms with van der Waals surface area (Å²) in [6.45, 7) is 2.02. The van der Waals surface area contributed by atoms with Crippen molar-refractivity contribution in [3.05, 3.63) is 77.3 Å². The number of rotatable bonds is 5. The molecule has 116 valence electrons. The Bertz CT molecular complexity index is 830. The number of aliphatic hydroxyl groups is 1. The van der Waals surface area contributed by atoms with Crippen LogP contribution in [0.2, 0.25) is 0 Å². The molecule has 0 radical (unpaired) electrons. The first-order valence-electron chi connectivity index (χ1n) is 7.06. The Hall–Kier alpha value is -3.15. The molecule has 0 spiro atoms. The first kappa shape index (κ1) is 14.8. The van der Waals surface area contributed by atoms with Crippen molar-refractivity contribution in [2.24, 2.45) is 0 Å². The summed E-state index contributed by atoms with van der Waals surface area (Å²) in [6.07, 6.45) is 4.35. The van der Waals surface area contributed by atoms with E-state index in [0.717, 1.165) is 11.6 Å². The van der Waals surface area contributed by atoms with Gasteiger partial charge < -0.3 is 9.52 Å². The summed E-state index contributed by atoms with van der Waals surface area (Å²) in [7, 11) is 0. The van der Waals surface area contributed by atoms with Gasteiger partial charge in [-0.1, -0.05) is 29.8 Å². The fourth-order valence-corrected chi connectivity index (χ4v) is 2.19. The largest absolute Gasteiger partial charge is 0.507 e. The number of nitrogens with zero attached hydrogens (tertiary/aromatic N) is 2. The van der Waals surface area contributed by atoms with Crippen molar-refractivity contribution in [1.29, 1.82) is 0 Å². The van der Waals surface area contributed by atoms with Crippen LogP contribution in [-0.2, 0) is 6.42 Å². The number of benzene rings is 1. The van der Waals surface area contributed by atoms with E-state index < -0.39 is 5.78 Å². The maximum Gasteiger partial charge on any atom is 0.226 e. The molecule has 0 fully saturated rings. The molecule has 2 aromatic heterocycles. The van der Waals surface area contributed by atoms with Crippen molar-refractivity contribution in [2.75, 3.05) is 0 Å². The van der Waals surface area contributed by atoms with Gasteiger partial charge in [0, 0.05) is 12.5 Å². The lowest BCUT2D eigenvalue weighted by Gasteiger charge is -2.03. The van der Waals surface area contributed by atoms with Crippen LogP contribution in [0.1, 0.15) is 33.1 Å². The number of aryl methyl sites for hydroxylation is 1. The second-order valence-electron chi connectivity index (χ2n) is 5.15. The number of aliphatic hydroxyl groups excluding tert-OH is 1. The molecule has 1 aromatic carbocycles. The molecule has 0 aliphatic heterocycles. The van der Waals surface area contributed by atoms with Gasteiger partial charge in [0.15, 0.2) is 5.82 Å². The smallest absolute Gasteiger partial charge is 0.226 e. The lowest BCUT2D eigenvalue weighted by Crippen LogP contribution is -2.00. The quantitative estimate of drug-likeness (QED) is 0.429. The molecule has 0 saturated carbocycles. The van der Waals surface area contributed by atoms with E-state index in [1.54, 1.807) is 6.07 Å². The minimum atomic E-state index is -0.456. The molecular formula is C17H15N3O3. The summed E-state index contributed by atoms with van der Waals surface area (Å²) in [5.41, 5.74) is 2.72. The zero-order valence-corrected chi connectivity index (χ0v) is 12.5. The number of allylic oxidation sites excluding steroid dienone is 1. The van der Waals surface area contributed by atoms with Crippen LogP contribution in [-0.4, -0.2) is 26.1 Å². The number of ketones is 1. The van der Waals surface area contributed by atoms with E-state index in [-0.39, 0.29) is 11.6 Å². The molecule has 23 heavy (non-hydrogen) atoms. The summed E-state index contributed by atoms with van der Waals surface area (Å²) in [5.74, 6) is 0.0397. The van der Waals surface area contributed by atoms with Gasteiger partial charge in [-0.15, -0.1) is 0 Å². The number of hydrogen-bond donors (Lipinski definition) is 2. The van der Waals surface area contributed by atoms with Crippen LogP contribution in [0.15, 0.2) is 53.4 Å². The van der Waals surface area contributed by atoms with Gasteiger partial charge in [-0.3, -0.25) is 9.89 Å². The van der Waals surface area contributed by atoms with Gasteiger partial charge in [-0.25, -0.2) is 4.98 Å². The third kappa shape index (κ3) is 3.37. The number of H-pyrrole nitrogens is 1. The van der Waals surface area contributed by atoms with E-state index in [1.165, 1.54) is 18.2 Å². The summed E-state index contributed by atoms with van der Waals surface area (Å²) < 4.78 is 5.44. The highest BCUT2D eigenvalue weighted by atomic mass is 16.3. The zero-order chi connectivity index (χ0) is 16.2. The fourth-order valence-electron chi connectivity index (χ4n) is 2.19. The lowest BCUT2D eigenvalue weighted by molar-refractivity contribution is 0.103. The van der Waals surface area contributed by atoms with Gasteiger partial charge in [-0.05, 0) is 18.6 Å². The highest BCUT2D eigenvalue weighted by Crippen LogP contribution is 2.22. The summed E-state index contributed by atoms with van der Waals surface area (Å²) in [5, 5.41) is 16.3. The van der Waals surface area contributed by atoms with E-state index in [1.807, 2.05) is 31.2 Å². The number of carbonyl (C=O) groups excluding carboxylic acids is 1. The normalized spacial score (nSPS) is 11.6. The minimum Gasteiger partial charge on any atom is -0.507 e. The van der Waals surface area contributed by atoms with Gasteiger partial charge in [0.1, 0.15) is 17.8 Å². The standard InChI is InChI=1S/C17H15N3O3/c1-11-2-4-12(5-3-11)8-16-13(6-7-23-16)14(21)9-15(22)17-18-10-19-20-17/h2-7,9-10,21H,8H2,1H3,(H,18,19,20). The maximum absolute atomic E-state index is 11.9. The SMILES string of the molecule is Cc1ccc(Cc2occc2C(O)=CC(=O)c2ncn[nH]2)cc1. The number of hydrogen-bond acceptors (Lipinski definition) is 5. The van der Waals surface area contributed by atoms with E-state index in [2.05, 4.69) is 15.2 Å². The molecule has 6 heteroatoms. The molecular weight excluding hydrogens is 294 g/mol. The first-order chi connectivity index (χ1) is 11.1. The fraction of sp³-hybridized carbons (Fsp3) is 0.118. The lowest BCUT2D eigenvalue weighted by atomic mass is 10.0.